The van der Waals surface area contributed by atoms with Gasteiger partial charge in [-0.25, -0.2) is 4.39 Å². The maximum Gasteiger partial charge on any atom is 0.165 e. The standard InChI is InChI=1S/C10H13FO2/c1-6-4-10(13-3)9(11)5-8(6)7(2)12/h4-5,7,12H,1-3H3. The second-order valence-corrected chi connectivity index (χ2v) is 3.02. The summed E-state index contributed by atoms with van der Waals surface area (Å²) in [5, 5.41) is 9.29. The molecular formula is C10H13FO2. The zero-order valence-corrected chi connectivity index (χ0v) is 7.97. The van der Waals surface area contributed by atoms with E-state index in [2.05, 4.69) is 0 Å². The van der Waals surface area contributed by atoms with E-state index in [0.29, 0.717) is 5.56 Å². The van der Waals surface area contributed by atoms with Crippen LogP contribution in [0.4, 0.5) is 4.39 Å². The van der Waals surface area contributed by atoms with Crippen molar-refractivity contribution in [2.24, 2.45) is 0 Å². The van der Waals surface area contributed by atoms with Gasteiger partial charge in [0.25, 0.3) is 0 Å². The van der Waals surface area contributed by atoms with Crippen molar-refractivity contribution in [3.05, 3.63) is 29.1 Å². The van der Waals surface area contributed by atoms with Gasteiger partial charge in [0, 0.05) is 0 Å². The average Bonchev–Trinajstić information content (AvgIpc) is 2.07. The molecule has 72 valence electrons. The largest absolute Gasteiger partial charge is 0.494 e. The predicted octanol–water partition coefficient (Wildman–Crippen LogP) is 2.20. The number of aliphatic hydroxyl groups excluding tert-OH is 1. The fourth-order valence-corrected chi connectivity index (χ4v) is 1.28. The lowest BCUT2D eigenvalue weighted by Crippen LogP contribution is -1.98. The summed E-state index contributed by atoms with van der Waals surface area (Å²) in [6.07, 6.45) is -0.652. The third kappa shape index (κ3) is 1.98. The summed E-state index contributed by atoms with van der Waals surface area (Å²) in [6.45, 7) is 3.41. The van der Waals surface area contributed by atoms with Gasteiger partial charge in [0.05, 0.1) is 13.2 Å². The molecule has 0 spiro atoms. The number of methoxy groups -OCH3 is 1. The molecule has 0 aliphatic carbocycles. The van der Waals surface area contributed by atoms with E-state index >= 15 is 0 Å². The lowest BCUT2D eigenvalue weighted by Gasteiger charge is -2.11. The molecular weight excluding hydrogens is 171 g/mol. The maximum absolute atomic E-state index is 13.2. The van der Waals surface area contributed by atoms with Crippen LogP contribution in [-0.4, -0.2) is 12.2 Å². The number of halogens is 1. The molecule has 0 bridgehead atoms. The molecule has 0 heterocycles. The van der Waals surface area contributed by atoms with Crippen LogP contribution < -0.4 is 4.74 Å². The second-order valence-electron chi connectivity index (χ2n) is 3.02. The monoisotopic (exact) mass is 184 g/mol. The van der Waals surface area contributed by atoms with Gasteiger partial charge in [0.15, 0.2) is 11.6 Å². The van der Waals surface area contributed by atoms with Crippen molar-refractivity contribution in [3.8, 4) is 5.75 Å². The highest BCUT2D eigenvalue weighted by Crippen LogP contribution is 2.25. The van der Waals surface area contributed by atoms with Gasteiger partial charge < -0.3 is 9.84 Å². The molecule has 0 aromatic heterocycles. The number of benzene rings is 1. The molecule has 1 aromatic carbocycles. The molecule has 3 heteroatoms. The zero-order valence-electron chi connectivity index (χ0n) is 7.97. The number of ether oxygens (including phenoxy) is 1. The Kier molecular flexibility index (Phi) is 2.88. The number of hydrogen-bond donors (Lipinski definition) is 1. The quantitative estimate of drug-likeness (QED) is 0.763. The average molecular weight is 184 g/mol. The summed E-state index contributed by atoms with van der Waals surface area (Å²) >= 11 is 0. The highest BCUT2D eigenvalue weighted by Gasteiger charge is 2.10. The summed E-state index contributed by atoms with van der Waals surface area (Å²) in [6, 6.07) is 2.89. The van der Waals surface area contributed by atoms with E-state index in [1.807, 2.05) is 6.92 Å². The van der Waals surface area contributed by atoms with Crippen molar-refractivity contribution in [1.29, 1.82) is 0 Å². The first kappa shape index (κ1) is 9.99. The van der Waals surface area contributed by atoms with Crippen molar-refractivity contribution in [3.63, 3.8) is 0 Å². The third-order valence-electron chi connectivity index (χ3n) is 1.99. The molecule has 0 saturated heterocycles. The van der Waals surface area contributed by atoms with Crippen molar-refractivity contribution >= 4 is 0 Å². The second kappa shape index (κ2) is 3.75. The summed E-state index contributed by atoms with van der Waals surface area (Å²) in [7, 11) is 1.42. The Bertz CT molecular complexity index is 308. The van der Waals surface area contributed by atoms with Crippen LogP contribution in [0.3, 0.4) is 0 Å². The normalized spacial score (nSPS) is 12.7. The van der Waals surface area contributed by atoms with Gasteiger partial charge in [-0.05, 0) is 37.1 Å². The minimum atomic E-state index is -0.652. The Balaban J connectivity index is 3.20. The first-order chi connectivity index (χ1) is 6.06. The molecule has 0 aliphatic rings. The molecule has 0 radical (unpaired) electrons. The summed E-state index contributed by atoms with van der Waals surface area (Å²) in [5.41, 5.74) is 1.42. The highest BCUT2D eigenvalue weighted by atomic mass is 19.1. The van der Waals surface area contributed by atoms with Crippen molar-refractivity contribution < 1.29 is 14.2 Å². The molecule has 1 rings (SSSR count). The summed E-state index contributed by atoms with van der Waals surface area (Å²) in [5.74, 6) is -0.231. The van der Waals surface area contributed by atoms with Gasteiger partial charge in [-0.3, -0.25) is 0 Å². The molecule has 1 atom stereocenters. The molecule has 1 aromatic rings. The SMILES string of the molecule is COc1cc(C)c(C(C)O)cc1F. The highest BCUT2D eigenvalue weighted by molar-refractivity contribution is 5.37. The minimum absolute atomic E-state index is 0.210. The molecule has 1 N–H and O–H groups in total. The van der Waals surface area contributed by atoms with Crippen molar-refractivity contribution in [1.82, 2.24) is 0 Å². The van der Waals surface area contributed by atoms with E-state index in [1.54, 1.807) is 13.0 Å². The summed E-state index contributed by atoms with van der Waals surface area (Å²) in [4.78, 5) is 0. The van der Waals surface area contributed by atoms with Gasteiger partial charge in [0.1, 0.15) is 0 Å². The smallest absolute Gasteiger partial charge is 0.165 e. The fraction of sp³-hybridized carbons (Fsp3) is 0.400. The Labute approximate surface area is 77.0 Å². The first-order valence-electron chi connectivity index (χ1n) is 4.08. The van der Waals surface area contributed by atoms with Gasteiger partial charge in [0.2, 0.25) is 0 Å². The van der Waals surface area contributed by atoms with Crippen LogP contribution in [0.15, 0.2) is 12.1 Å². The van der Waals surface area contributed by atoms with E-state index < -0.39 is 11.9 Å². The summed E-state index contributed by atoms with van der Waals surface area (Å²) < 4.78 is 18.0. The molecule has 0 saturated carbocycles. The van der Waals surface area contributed by atoms with E-state index in [0.717, 1.165) is 5.56 Å². The molecule has 13 heavy (non-hydrogen) atoms. The third-order valence-corrected chi connectivity index (χ3v) is 1.99. The van der Waals surface area contributed by atoms with Crippen LogP contribution >= 0.6 is 0 Å². The zero-order chi connectivity index (χ0) is 10.0. The van der Waals surface area contributed by atoms with E-state index in [-0.39, 0.29) is 5.75 Å². The van der Waals surface area contributed by atoms with Crippen LogP contribution in [-0.2, 0) is 0 Å². The Hall–Kier alpha value is -1.09. The maximum atomic E-state index is 13.2. The van der Waals surface area contributed by atoms with Gasteiger partial charge in [-0.1, -0.05) is 0 Å². The van der Waals surface area contributed by atoms with E-state index in [4.69, 9.17) is 4.74 Å². The van der Waals surface area contributed by atoms with Gasteiger partial charge in [-0.2, -0.15) is 0 Å². The Morgan fingerprint density at radius 1 is 1.46 bits per heavy atom. The van der Waals surface area contributed by atoms with Crippen LogP contribution in [0.5, 0.6) is 5.75 Å². The Morgan fingerprint density at radius 3 is 2.54 bits per heavy atom. The predicted molar refractivity (Wildman–Crippen MR) is 48.3 cm³/mol. The number of rotatable bonds is 2. The topological polar surface area (TPSA) is 29.5 Å². The number of aliphatic hydroxyl groups is 1. The molecule has 1 unspecified atom stereocenters. The molecule has 0 aliphatic heterocycles. The molecule has 0 fully saturated rings. The van der Waals surface area contributed by atoms with Crippen molar-refractivity contribution in [2.75, 3.05) is 7.11 Å². The molecule has 0 amide bonds. The molecule has 2 nitrogen and oxygen atoms in total. The van der Waals surface area contributed by atoms with Crippen LogP contribution in [0.2, 0.25) is 0 Å². The lowest BCUT2D eigenvalue weighted by atomic mass is 10.0. The van der Waals surface area contributed by atoms with Gasteiger partial charge >= 0.3 is 0 Å². The van der Waals surface area contributed by atoms with Gasteiger partial charge in [-0.15, -0.1) is 0 Å². The van der Waals surface area contributed by atoms with Crippen molar-refractivity contribution in [2.45, 2.75) is 20.0 Å². The minimum Gasteiger partial charge on any atom is -0.494 e. The van der Waals surface area contributed by atoms with E-state index in [9.17, 15) is 9.50 Å². The number of aryl methyl sites for hydroxylation is 1. The van der Waals surface area contributed by atoms with Crippen LogP contribution in [0.1, 0.15) is 24.2 Å². The number of hydrogen-bond acceptors (Lipinski definition) is 2. The Morgan fingerprint density at radius 2 is 2.08 bits per heavy atom. The first-order valence-corrected chi connectivity index (χ1v) is 4.08. The van der Waals surface area contributed by atoms with Crippen LogP contribution in [0, 0.1) is 12.7 Å². The van der Waals surface area contributed by atoms with E-state index in [1.165, 1.54) is 13.2 Å². The lowest BCUT2D eigenvalue weighted by molar-refractivity contribution is 0.198. The fourth-order valence-electron chi connectivity index (χ4n) is 1.28. The van der Waals surface area contributed by atoms with Crippen LogP contribution in [0.25, 0.3) is 0 Å².